The molecule has 1 atom stereocenters. The highest BCUT2D eigenvalue weighted by Crippen LogP contribution is 2.17. The van der Waals surface area contributed by atoms with Gasteiger partial charge in [0.05, 0.1) is 0 Å². The topological polar surface area (TPSA) is 86.8 Å². The van der Waals surface area contributed by atoms with Gasteiger partial charge in [-0.15, -0.1) is 11.3 Å². The first-order valence-corrected chi connectivity index (χ1v) is 7.28. The lowest BCUT2D eigenvalue weighted by Gasteiger charge is -2.32. The number of carbonyl (C=O) groups excluding carboxylic acids is 4. The third-order valence-electron chi connectivity index (χ3n) is 3.15. The highest BCUT2D eigenvalue weighted by molar-refractivity contribution is 7.10. The van der Waals surface area contributed by atoms with Gasteiger partial charge in [-0.1, -0.05) is 6.07 Å². The molecule has 1 aromatic heterocycles. The second kappa shape index (κ2) is 6.49. The van der Waals surface area contributed by atoms with Gasteiger partial charge in [-0.3, -0.25) is 19.3 Å². The largest absolute Gasteiger partial charge is 0.333 e. The predicted octanol–water partition coefficient (Wildman–Crippen LogP) is 0.299. The number of nitrogens with one attached hydrogen (secondary N) is 1. The number of nitrogens with zero attached hydrogens (tertiary/aromatic N) is 2. The number of piperazine rings is 1. The van der Waals surface area contributed by atoms with E-state index in [-0.39, 0.29) is 6.54 Å². The molecule has 0 spiro atoms. The fourth-order valence-electron chi connectivity index (χ4n) is 1.99. The Hall–Kier alpha value is -2.22. The number of hydrogen-bond acceptors (Lipinski definition) is 5. The maximum atomic E-state index is 12.1. The van der Waals surface area contributed by atoms with E-state index in [4.69, 9.17) is 0 Å². The van der Waals surface area contributed by atoms with Crippen molar-refractivity contribution in [1.82, 2.24) is 15.1 Å². The van der Waals surface area contributed by atoms with Crippen LogP contribution in [0.2, 0.25) is 0 Å². The molecule has 0 aromatic carbocycles. The second-order valence-corrected chi connectivity index (χ2v) is 5.34. The summed E-state index contributed by atoms with van der Waals surface area (Å²) in [6.45, 7) is 2.58. The van der Waals surface area contributed by atoms with E-state index >= 15 is 0 Å². The Balaban J connectivity index is 2.05. The first kappa shape index (κ1) is 15.2. The molecule has 0 bridgehead atoms. The van der Waals surface area contributed by atoms with E-state index in [0.29, 0.717) is 18.0 Å². The Morgan fingerprint density at radius 2 is 2.19 bits per heavy atom. The minimum Gasteiger partial charge on any atom is -0.333 e. The molecule has 1 saturated heterocycles. The average Bonchev–Trinajstić information content (AvgIpc) is 3.01. The van der Waals surface area contributed by atoms with Crippen LogP contribution < -0.4 is 5.32 Å². The number of amides is 4. The zero-order valence-corrected chi connectivity index (χ0v) is 12.2. The molecule has 1 N–H and O–H groups in total. The lowest BCUT2D eigenvalue weighted by Crippen LogP contribution is -2.58. The van der Waals surface area contributed by atoms with Crippen molar-refractivity contribution in [2.24, 2.45) is 0 Å². The molecule has 21 heavy (non-hydrogen) atoms. The highest BCUT2D eigenvalue weighted by atomic mass is 32.1. The van der Waals surface area contributed by atoms with Gasteiger partial charge < -0.3 is 10.2 Å². The predicted molar refractivity (Wildman–Crippen MR) is 75.3 cm³/mol. The summed E-state index contributed by atoms with van der Waals surface area (Å²) in [7, 11) is 0. The summed E-state index contributed by atoms with van der Waals surface area (Å²) in [4.78, 5) is 49.4. The lowest BCUT2D eigenvalue weighted by atomic mass is 10.2. The van der Waals surface area contributed by atoms with Crippen molar-refractivity contribution in [2.45, 2.75) is 13.0 Å². The first-order valence-electron chi connectivity index (χ1n) is 6.40. The van der Waals surface area contributed by atoms with E-state index in [2.05, 4.69) is 5.32 Å². The SMILES string of the molecule is CCN1CCN(C(=O)NC([C]=O)c2cccs2)C(=O)C1=O. The van der Waals surface area contributed by atoms with Gasteiger partial charge in [-0.05, 0) is 18.4 Å². The fraction of sp³-hybridized carbons (Fsp3) is 0.385. The summed E-state index contributed by atoms with van der Waals surface area (Å²) in [6.07, 6.45) is 1.72. The van der Waals surface area contributed by atoms with E-state index < -0.39 is 23.9 Å². The van der Waals surface area contributed by atoms with E-state index in [1.807, 2.05) is 0 Å². The summed E-state index contributed by atoms with van der Waals surface area (Å²) in [5, 5.41) is 4.17. The van der Waals surface area contributed by atoms with Gasteiger partial charge in [0, 0.05) is 24.5 Å². The van der Waals surface area contributed by atoms with E-state index in [9.17, 15) is 19.2 Å². The maximum Gasteiger partial charge on any atom is 0.325 e. The molecular weight excluding hydrogens is 294 g/mol. The molecule has 2 rings (SSSR count). The lowest BCUT2D eigenvalue weighted by molar-refractivity contribution is -0.153. The van der Waals surface area contributed by atoms with E-state index in [1.54, 1.807) is 30.7 Å². The number of carbonyl (C=O) groups is 3. The van der Waals surface area contributed by atoms with Crippen LogP contribution in [0.5, 0.6) is 0 Å². The van der Waals surface area contributed by atoms with Crippen LogP contribution in [0.1, 0.15) is 17.8 Å². The summed E-state index contributed by atoms with van der Waals surface area (Å²) < 4.78 is 0. The zero-order chi connectivity index (χ0) is 15.4. The standard InChI is InChI=1S/C13H14N3O4S/c1-2-15-5-6-16(12(19)11(15)18)13(20)14-9(8-17)10-4-3-7-21-10/h3-4,7,9H,2,5-6H2,1H3,(H,14,20). The smallest absolute Gasteiger partial charge is 0.325 e. The van der Waals surface area contributed by atoms with Crippen molar-refractivity contribution in [3.8, 4) is 0 Å². The molecule has 1 aliphatic heterocycles. The number of rotatable bonds is 4. The summed E-state index contributed by atoms with van der Waals surface area (Å²) in [6, 6.07) is 1.73. The third kappa shape index (κ3) is 3.10. The molecule has 2 heterocycles. The monoisotopic (exact) mass is 308 g/mol. The number of thiophene rings is 1. The molecule has 111 valence electrons. The van der Waals surface area contributed by atoms with Crippen molar-refractivity contribution in [2.75, 3.05) is 19.6 Å². The Bertz CT molecular complexity index is 558. The Labute approximate surface area is 125 Å². The van der Waals surface area contributed by atoms with Gasteiger partial charge in [0.25, 0.3) is 0 Å². The van der Waals surface area contributed by atoms with E-state index in [0.717, 1.165) is 4.90 Å². The molecule has 1 fully saturated rings. The first-order chi connectivity index (χ1) is 10.1. The van der Waals surface area contributed by atoms with Gasteiger partial charge in [-0.25, -0.2) is 4.79 Å². The van der Waals surface area contributed by atoms with Crippen LogP contribution in [0, 0.1) is 0 Å². The Kier molecular flexibility index (Phi) is 4.69. The number of imide groups is 1. The molecule has 1 unspecified atom stereocenters. The summed E-state index contributed by atoms with van der Waals surface area (Å²) in [5.41, 5.74) is 0. The highest BCUT2D eigenvalue weighted by Gasteiger charge is 2.36. The molecule has 1 aliphatic rings. The summed E-state index contributed by atoms with van der Waals surface area (Å²) >= 11 is 1.29. The van der Waals surface area contributed by atoms with Crippen LogP contribution in [0.4, 0.5) is 4.79 Å². The van der Waals surface area contributed by atoms with Gasteiger partial charge in [0.2, 0.25) is 6.29 Å². The number of hydrogen-bond donors (Lipinski definition) is 1. The van der Waals surface area contributed by atoms with Gasteiger partial charge in [0.1, 0.15) is 6.04 Å². The molecule has 7 nitrogen and oxygen atoms in total. The van der Waals surface area contributed by atoms with Gasteiger partial charge in [0.15, 0.2) is 0 Å². The molecule has 0 saturated carbocycles. The number of urea groups is 1. The Morgan fingerprint density at radius 3 is 2.76 bits per heavy atom. The van der Waals surface area contributed by atoms with Gasteiger partial charge >= 0.3 is 17.8 Å². The van der Waals surface area contributed by atoms with E-state index in [1.165, 1.54) is 16.2 Å². The normalized spacial score (nSPS) is 16.8. The second-order valence-electron chi connectivity index (χ2n) is 4.36. The minimum atomic E-state index is -0.940. The van der Waals surface area contributed by atoms with Crippen molar-refractivity contribution < 1.29 is 19.2 Å². The molecule has 1 radical (unpaired) electrons. The number of likely N-dealkylation sites (N-methyl/N-ethyl adjacent to an activating group) is 1. The van der Waals surface area contributed by atoms with Crippen LogP contribution in [-0.4, -0.2) is 53.6 Å². The molecule has 0 aliphatic carbocycles. The molecule has 8 heteroatoms. The third-order valence-corrected chi connectivity index (χ3v) is 4.09. The summed E-state index contributed by atoms with van der Waals surface area (Å²) in [5.74, 6) is -1.59. The van der Waals surface area contributed by atoms with Gasteiger partial charge in [-0.2, -0.15) is 0 Å². The van der Waals surface area contributed by atoms with Crippen LogP contribution >= 0.6 is 11.3 Å². The van der Waals surface area contributed by atoms with Crippen LogP contribution in [0.3, 0.4) is 0 Å². The maximum absolute atomic E-state index is 12.1. The van der Waals surface area contributed by atoms with Crippen LogP contribution in [0.25, 0.3) is 0 Å². The van der Waals surface area contributed by atoms with Crippen molar-refractivity contribution >= 4 is 35.5 Å². The fourth-order valence-corrected chi connectivity index (χ4v) is 2.70. The molecule has 1 aromatic rings. The quantitative estimate of drug-likeness (QED) is 0.811. The van der Waals surface area contributed by atoms with Crippen molar-refractivity contribution in [3.63, 3.8) is 0 Å². The molecular formula is C13H14N3O4S. The molecule has 4 amide bonds. The zero-order valence-electron chi connectivity index (χ0n) is 11.4. The Morgan fingerprint density at radius 1 is 1.43 bits per heavy atom. The average molecular weight is 308 g/mol. The van der Waals surface area contributed by atoms with Crippen LogP contribution in [-0.2, 0) is 14.4 Å². The van der Waals surface area contributed by atoms with Crippen molar-refractivity contribution in [3.05, 3.63) is 22.4 Å². The van der Waals surface area contributed by atoms with Crippen molar-refractivity contribution in [1.29, 1.82) is 0 Å². The minimum absolute atomic E-state index is 0.111. The van der Waals surface area contributed by atoms with Crippen LogP contribution in [0.15, 0.2) is 17.5 Å².